The van der Waals surface area contributed by atoms with E-state index in [0.29, 0.717) is 29.8 Å². The lowest BCUT2D eigenvalue weighted by molar-refractivity contribution is 0.431. The van der Waals surface area contributed by atoms with Gasteiger partial charge >= 0.3 is 0 Å². The number of aromatic nitrogens is 4. The highest BCUT2D eigenvalue weighted by molar-refractivity contribution is 7.90. The van der Waals surface area contributed by atoms with Crippen molar-refractivity contribution in [1.29, 1.82) is 0 Å². The quantitative estimate of drug-likeness (QED) is 0.177. The molecule has 1 saturated carbocycles. The fourth-order valence-electron chi connectivity index (χ4n) is 5.42. The molecule has 7 rings (SSSR count). The maximum absolute atomic E-state index is 13.7. The molecule has 9 nitrogen and oxygen atoms in total. The number of sulfone groups is 1. The number of fused-ring (bicyclic) bond motifs is 2. The first-order valence-electron chi connectivity index (χ1n) is 14.5. The van der Waals surface area contributed by atoms with Gasteiger partial charge in [0, 0.05) is 28.3 Å². The number of furan rings is 1. The van der Waals surface area contributed by atoms with Gasteiger partial charge in [-0.05, 0) is 91.5 Å². The Morgan fingerprint density at radius 1 is 1.05 bits per heavy atom. The van der Waals surface area contributed by atoms with Crippen LogP contribution < -0.4 is 10.6 Å². The van der Waals surface area contributed by atoms with Gasteiger partial charge in [-0.15, -0.1) is 0 Å². The fourth-order valence-corrected chi connectivity index (χ4v) is 6.30. The van der Waals surface area contributed by atoms with Gasteiger partial charge in [-0.3, -0.25) is 4.68 Å². The van der Waals surface area contributed by atoms with Crippen molar-refractivity contribution in [1.82, 2.24) is 25.1 Å². The Morgan fingerprint density at radius 3 is 2.75 bits per heavy atom. The van der Waals surface area contributed by atoms with Crippen molar-refractivity contribution in [3.63, 3.8) is 0 Å². The molecule has 0 spiro atoms. The van der Waals surface area contributed by atoms with Gasteiger partial charge in [0.05, 0.1) is 35.6 Å². The van der Waals surface area contributed by atoms with Gasteiger partial charge in [-0.25, -0.2) is 22.8 Å². The molecule has 6 aromatic rings. The van der Waals surface area contributed by atoms with Crippen LogP contribution in [-0.2, 0) is 16.4 Å². The Kier molecular flexibility index (Phi) is 7.35. The lowest BCUT2D eigenvalue weighted by Crippen LogP contribution is -2.29. The SMILES string of the molecule is CS(=O)(=O)CC(NCC1CC1)c1ccc(-c2ccc3ncnc(Nc4ccc5c(cnn5Cc5cccc(F)c5)c4)c3c2)o1. The summed E-state index contributed by atoms with van der Waals surface area (Å²) in [6, 6.07) is 21.6. The number of nitrogens with one attached hydrogen (secondary N) is 2. The average Bonchev–Trinajstić information content (AvgIpc) is 3.55. The standard InChI is InChI=1S/C33H31FN6O3S/c1-44(41,42)19-29(35-16-21-5-6-21)32-12-11-31(43-32)23-7-9-28-27(15-23)33(37-20-36-28)39-26-8-10-30-24(14-26)17-38-40(30)18-22-3-2-4-25(34)13-22/h2-4,7-15,17,20-21,29,35H,5-6,16,18-19H2,1H3,(H,36,37,39). The number of hydrogen-bond acceptors (Lipinski definition) is 8. The Morgan fingerprint density at radius 2 is 1.93 bits per heavy atom. The van der Waals surface area contributed by atoms with Crippen molar-refractivity contribution in [2.24, 2.45) is 5.92 Å². The molecule has 1 fully saturated rings. The van der Waals surface area contributed by atoms with Crippen LogP contribution in [0.25, 0.3) is 33.1 Å². The van der Waals surface area contributed by atoms with Gasteiger partial charge in [0.15, 0.2) is 0 Å². The Hall–Kier alpha value is -4.61. The smallest absolute Gasteiger partial charge is 0.149 e. The predicted molar refractivity (Wildman–Crippen MR) is 169 cm³/mol. The van der Waals surface area contributed by atoms with Crippen molar-refractivity contribution >= 4 is 43.1 Å². The molecule has 1 aliphatic rings. The van der Waals surface area contributed by atoms with Crippen LogP contribution in [0.2, 0.25) is 0 Å². The molecule has 224 valence electrons. The Balaban J connectivity index is 1.14. The first-order chi connectivity index (χ1) is 21.3. The second-order valence-electron chi connectivity index (χ2n) is 11.5. The minimum atomic E-state index is -3.21. The summed E-state index contributed by atoms with van der Waals surface area (Å²) in [6.45, 7) is 1.24. The Bertz CT molecular complexity index is 2090. The summed E-state index contributed by atoms with van der Waals surface area (Å²) < 4.78 is 46.0. The second kappa shape index (κ2) is 11.5. The maximum atomic E-state index is 13.7. The van der Waals surface area contributed by atoms with Gasteiger partial charge in [0.1, 0.15) is 39.3 Å². The summed E-state index contributed by atoms with van der Waals surface area (Å²) in [7, 11) is -3.21. The lowest BCUT2D eigenvalue weighted by Gasteiger charge is -2.15. The van der Waals surface area contributed by atoms with E-state index in [1.165, 1.54) is 37.6 Å². The fraction of sp³-hybridized carbons (Fsp3) is 0.242. The third-order valence-electron chi connectivity index (χ3n) is 7.84. The van der Waals surface area contributed by atoms with Crippen LogP contribution in [-0.4, -0.2) is 46.7 Å². The number of rotatable bonds is 11. The van der Waals surface area contributed by atoms with Crippen LogP contribution in [0.5, 0.6) is 0 Å². The van der Waals surface area contributed by atoms with E-state index < -0.39 is 15.9 Å². The monoisotopic (exact) mass is 610 g/mol. The predicted octanol–water partition coefficient (Wildman–Crippen LogP) is 6.26. The molecule has 0 amide bonds. The van der Waals surface area contributed by atoms with E-state index in [1.54, 1.807) is 12.3 Å². The average molecular weight is 611 g/mol. The number of anilines is 2. The van der Waals surface area contributed by atoms with E-state index >= 15 is 0 Å². The first-order valence-corrected chi connectivity index (χ1v) is 16.6. The molecule has 0 bridgehead atoms. The molecule has 44 heavy (non-hydrogen) atoms. The molecule has 0 saturated heterocycles. The molecular formula is C33H31FN6O3S. The van der Waals surface area contributed by atoms with E-state index in [4.69, 9.17) is 4.42 Å². The van der Waals surface area contributed by atoms with Crippen molar-refractivity contribution in [3.8, 4) is 11.3 Å². The highest BCUT2D eigenvalue weighted by atomic mass is 32.2. The van der Waals surface area contributed by atoms with E-state index in [-0.39, 0.29) is 11.6 Å². The normalized spacial score (nSPS) is 14.3. The molecule has 1 unspecified atom stereocenters. The van der Waals surface area contributed by atoms with Gasteiger partial charge in [0.25, 0.3) is 0 Å². The van der Waals surface area contributed by atoms with Crippen LogP contribution in [0.1, 0.15) is 30.2 Å². The molecule has 0 aliphatic heterocycles. The Labute approximate surface area is 254 Å². The zero-order valence-corrected chi connectivity index (χ0v) is 24.9. The summed E-state index contributed by atoms with van der Waals surface area (Å²) in [6.07, 6.45) is 6.90. The van der Waals surface area contributed by atoms with E-state index in [1.807, 2.05) is 59.3 Å². The minimum Gasteiger partial charge on any atom is -0.459 e. The van der Waals surface area contributed by atoms with Crippen molar-refractivity contribution in [3.05, 3.63) is 102 Å². The number of hydrogen-bond donors (Lipinski definition) is 2. The molecule has 11 heteroatoms. The maximum Gasteiger partial charge on any atom is 0.149 e. The zero-order chi connectivity index (χ0) is 30.3. The van der Waals surface area contributed by atoms with Crippen molar-refractivity contribution in [2.45, 2.75) is 25.4 Å². The van der Waals surface area contributed by atoms with Gasteiger partial charge < -0.3 is 15.1 Å². The number of benzene rings is 3. The topological polar surface area (TPSA) is 115 Å². The molecule has 3 heterocycles. The van der Waals surface area contributed by atoms with Crippen LogP contribution in [0.3, 0.4) is 0 Å². The van der Waals surface area contributed by atoms with E-state index in [9.17, 15) is 12.8 Å². The van der Waals surface area contributed by atoms with Crippen molar-refractivity contribution < 1.29 is 17.2 Å². The number of nitrogens with zero attached hydrogens (tertiary/aromatic N) is 4. The summed E-state index contributed by atoms with van der Waals surface area (Å²) in [5, 5.41) is 13.1. The molecule has 1 aliphatic carbocycles. The summed E-state index contributed by atoms with van der Waals surface area (Å²) >= 11 is 0. The number of halogens is 1. The third-order valence-corrected chi connectivity index (χ3v) is 8.77. The molecule has 3 aromatic carbocycles. The molecule has 2 N–H and O–H groups in total. The second-order valence-corrected chi connectivity index (χ2v) is 13.7. The molecule has 0 radical (unpaired) electrons. The van der Waals surface area contributed by atoms with Gasteiger partial charge in [-0.2, -0.15) is 5.10 Å². The summed E-state index contributed by atoms with van der Waals surface area (Å²) in [5.41, 5.74) is 4.20. The van der Waals surface area contributed by atoms with Gasteiger partial charge in [-0.1, -0.05) is 12.1 Å². The zero-order valence-electron chi connectivity index (χ0n) is 24.1. The van der Waals surface area contributed by atoms with Crippen LogP contribution in [0.4, 0.5) is 15.9 Å². The first kappa shape index (κ1) is 28.2. The molecule has 3 aromatic heterocycles. The van der Waals surface area contributed by atoms with Crippen LogP contribution in [0.15, 0.2) is 89.7 Å². The lowest BCUT2D eigenvalue weighted by atomic mass is 10.1. The molecular weight excluding hydrogens is 579 g/mol. The summed E-state index contributed by atoms with van der Waals surface area (Å²) in [5.74, 6) is 2.18. The molecule has 1 atom stereocenters. The largest absolute Gasteiger partial charge is 0.459 e. The van der Waals surface area contributed by atoms with Gasteiger partial charge in [0.2, 0.25) is 0 Å². The van der Waals surface area contributed by atoms with Crippen molar-refractivity contribution in [2.75, 3.05) is 23.9 Å². The van der Waals surface area contributed by atoms with E-state index in [0.717, 1.165) is 45.2 Å². The highest BCUT2D eigenvalue weighted by Gasteiger charge is 2.26. The minimum absolute atomic E-state index is 0.0274. The van der Waals surface area contributed by atoms with E-state index in [2.05, 4.69) is 25.7 Å². The summed E-state index contributed by atoms with van der Waals surface area (Å²) in [4.78, 5) is 8.96. The van der Waals surface area contributed by atoms with Crippen LogP contribution in [0, 0.1) is 11.7 Å². The highest BCUT2D eigenvalue weighted by Crippen LogP contribution is 2.33. The third kappa shape index (κ3) is 6.34. The van der Waals surface area contributed by atoms with Crippen LogP contribution >= 0.6 is 0 Å².